The predicted molar refractivity (Wildman–Crippen MR) is 60.5 cm³/mol. The predicted octanol–water partition coefficient (Wildman–Crippen LogP) is 2.34. The Morgan fingerprint density at radius 1 is 1.20 bits per heavy atom. The number of nitrogen functional groups attached to an aromatic ring is 1. The van der Waals surface area contributed by atoms with Crippen LogP contribution in [0.15, 0.2) is 36.5 Å². The van der Waals surface area contributed by atoms with Crippen molar-refractivity contribution in [1.82, 2.24) is 4.98 Å². The van der Waals surface area contributed by atoms with Crippen molar-refractivity contribution in [2.24, 2.45) is 0 Å². The summed E-state index contributed by atoms with van der Waals surface area (Å²) in [7, 11) is 0. The van der Waals surface area contributed by atoms with Crippen molar-refractivity contribution in [2.75, 3.05) is 5.73 Å². The maximum atomic E-state index is 9.75. The van der Waals surface area contributed by atoms with Crippen molar-refractivity contribution in [3.63, 3.8) is 0 Å². The molecule has 0 aliphatic carbocycles. The van der Waals surface area contributed by atoms with Gasteiger partial charge in [-0.05, 0) is 30.7 Å². The first-order valence-electron chi connectivity index (χ1n) is 4.69. The highest BCUT2D eigenvalue weighted by Crippen LogP contribution is 2.34. The van der Waals surface area contributed by atoms with E-state index in [9.17, 15) is 5.11 Å². The first-order valence-corrected chi connectivity index (χ1v) is 4.69. The minimum Gasteiger partial charge on any atom is -0.507 e. The Kier molecular flexibility index (Phi) is 2.29. The molecule has 3 nitrogen and oxygen atoms in total. The van der Waals surface area contributed by atoms with Gasteiger partial charge >= 0.3 is 0 Å². The maximum Gasteiger partial charge on any atom is 0.127 e. The number of phenolic OH excluding ortho intramolecular Hbond substituents is 1. The molecule has 1 aromatic heterocycles. The highest BCUT2D eigenvalue weighted by atomic mass is 16.3. The fraction of sp³-hybridized carbons (Fsp3) is 0.0833. The molecule has 2 rings (SSSR count). The standard InChI is InChI=1S/C12H12N2O/c1-8-4-3-7-14-12(8)11-9(13)5-2-6-10(11)15/h2-7,15H,13H2,1H3. The summed E-state index contributed by atoms with van der Waals surface area (Å²) in [4.78, 5) is 4.23. The molecule has 3 N–H and O–H groups in total. The topological polar surface area (TPSA) is 59.1 Å². The smallest absolute Gasteiger partial charge is 0.127 e. The molecule has 0 saturated heterocycles. The lowest BCUT2D eigenvalue weighted by Crippen LogP contribution is -1.94. The van der Waals surface area contributed by atoms with Gasteiger partial charge in [-0.25, -0.2) is 0 Å². The summed E-state index contributed by atoms with van der Waals surface area (Å²) in [5, 5.41) is 9.75. The molecule has 15 heavy (non-hydrogen) atoms. The number of benzene rings is 1. The number of aromatic nitrogens is 1. The number of hydrogen-bond donors (Lipinski definition) is 2. The first-order chi connectivity index (χ1) is 7.20. The Balaban J connectivity index is 2.69. The molecule has 0 atom stereocenters. The van der Waals surface area contributed by atoms with Crippen LogP contribution in [0, 0.1) is 6.92 Å². The van der Waals surface area contributed by atoms with Crippen molar-refractivity contribution >= 4 is 5.69 Å². The number of aromatic hydroxyl groups is 1. The van der Waals surface area contributed by atoms with Crippen molar-refractivity contribution in [3.05, 3.63) is 42.1 Å². The summed E-state index contributed by atoms with van der Waals surface area (Å²) in [5.41, 5.74) is 8.69. The van der Waals surface area contributed by atoms with E-state index in [2.05, 4.69) is 4.98 Å². The lowest BCUT2D eigenvalue weighted by Gasteiger charge is -2.09. The Morgan fingerprint density at radius 3 is 2.67 bits per heavy atom. The highest BCUT2D eigenvalue weighted by Gasteiger charge is 2.10. The second-order valence-corrected chi connectivity index (χ2v) is 3.41. The molecule has 0 amide bonds. The fourth-order valence-electron chi connectivity index (χ4n) is 1.56. The molecule has 1 aromatic carbocycles. The van der Waals surface area contributed by atoms with Crippen LogP contribution in [0.25, 0.3) is 11.3 Å². The lowest BCUT2D eigenvalue weighted by atomic mass is 10.0. The van der Waals surface area contributed by atoms with Crippen LogP contribution >= 0.6 is 0 Å². The zero-order chi connectivity index (χ0) is 10.8. The van der Waals surface area contributed by atoms with Crippen molar-refractivity contribution < 1.29 is 5.11 Å². The molecule has 0 fully saturated rings. The second-order valence-electron chi connectivity index (χ2n) is 3.41. The van der Waals surface area contributed by atoms with E-state index in [0.717, 1.165) is 11.3 Å². The summed E-state index contributed by atoms with van der Waals surface area (Å²) in [6.45, 7) is 1.94. The Labute approximate surface area is 88.2 Å². The Morgan fingerprint density at radius 2 is 2.00 bits per heavy atom. The van der Waals surface area contributed by atoms with Crippen molar-refractivity contribution in [2.45, 2.75) is 6.92 Å². The number of phenols is 1. The fourth-order valence-corrected chi connectivity index (χ4v) is 1.56. The molecule has 0 spiro atoms. The third-order valence-corrected chi connectivity index (χ3v) is 2.32. The minimum absolute atomic E-state index is 0.164. The molecule has 3 heteroatoms. The average Bonchev–Trinajstić information content (AvgIpc) is 2.20. The van der Waals surface area contributed by atoms with Gasteiger partial charge in [-0.3, -0.25) is 4.98 Å². The zero-order valence-corrected chi connectivity index (χ0v) is 8.44. The first kappa shape index (κ1) is 9.52. The summed E-state index contributed by atoms with van der Waals surface area (Å²) >= 11 is 0. The van der Waals surface area contributed by atoms with Crippen LogP contribution in [0.3, 0.4) is 0 Å². The summed E-state index contributed by atoms with van der Waals surface area (Å²) in [6, 6.07) is 8.87. The van der Waals surface area contributed by atoms with Gasteiger partial charge in [0, 0.05) is 11.9 Å². The van der Waals surface area contributed by atoms with Crippen LogP contribution < -0.4 is 5.73 Å². The van der Waals surface area contributed by atoms with E-state index >= 15 is 0 Å². The number of aryl methyl sites for hydroxylation is 1. The van der Waals surface area contributed by atoms with Gasteiger partial charge in [0.2, 0.25) is 0 Å². The monoisotopic (exact) mass is 200 g/mol. The third kappa shape index (κ3) is 1.64. The molecule has 0 unspecified atom stereocenters. The molecule has 0 aliphatic heterocycles. The van der Waals surface area contributed by atoms with Crippen LogP contribution in [0.1, 0.15) is 5.56 Å². The third-order valence-electron chi connectivity index (χ3n) is 2.32. The van der Waals surface area contributed by atoms with Crippen LogP contribution in [0.2, 0.25) is 0 Å². The van der Waals surface area contributed by atoms with Gasteiger partial charge in [0.25, 0.3) is 0 Å². The van der Waals surface area contributed by atoms with Crippen LogP contribution in [-0.2, 0) is 0 Å². The SMILES string of the molecule is Cc1cccnc1-c1c(N)cccc1O. The molecule has 0 radical (unpaired) electrons. The van der Waals surface area contributed by atoms with E-state index in [1.807, 2.05) is 19.1 Å². The van der Waals surface area contributed by atoms with Crippen LogP contribution in [-0.4, -0.2) is 10.1 Å². The Bertz CT molecular complexity index is 474. The lowest BCUT2D eigenvalue weighted by molar-refractivity contribution is 0.477. The van der Waals surface area contributed by atoms with E-state index < -0.39 is 0 Å². The van der Waals surface area contributed by atoms with Gasteiger partial charge < -0.3 is 10.8 Å². The number of rotatable bonds is 1. The number of nitrogens with two attached hydrogens (primary N) is 1. The number of anilines is 1. The molecular weight excluding hydrogens is 188 g/mol. The van der Waals surface area contributed by atoms with E-state index in [0.29, 0.717) is 11.3 Å². The number of nitrogens with zero attached hydrogens (tertiary/aromatic N) is 1. The van der Waals surface area contributed by atoms with Crippen molar-refractivity contribution in [3.8, 4) is 17.0 Å². The number of pyridine rings is 1. The van der Waals surface area contributed by atoms with Gasteiger partial charge in [0.05, 0.1) is 11.3 Å². The molecule has 0 aliphatic rings. The largest absolute Gasteiger partial charge is 0.507 e. The quantitative estimate of drug-likeness (QED) is 0.694. The van der Waals surface area contributed by atoms with Crippen molar-refractivity contribution in [1.29, 1.82) is 0 Å². The van der Waals surface area contributed by atoms with Gasteiger partial charge in [0.15, 0.2) is 0 Å². The second kappa shape index (κ2) is 3.61. The van der Waals surface area contributed by atoms with Gasteiger partial charge in [-0.1, -0.05) is 12.1 Å². The summed E-state index contributed by atoms with van der Waals surface area (Å²) in [6.07, 6.45) is 1.69. The summed E-state index contributed by atoms with van der Waals surface area (Å²) < 4.78 is 0. The average molecular weight is 200 g/mol. The maximum absolute atomic E-state index is 9.75. The zero-order valence-electron chi connectivity index (χ0n) is 8.44. The summed E-state index contributed by atoms with van der Waals surface area (Å²) in [5.74, 6) is 0.164. The van der Waals surface area contributed by atoms with Crippen LogP contribution in [0.5, 0.6) is 5.75 Å². The van der Waals surface area contributed by atoms with Gasteiger partial charge in [0.1, 0.15) is 5.75 Å². The van der Waals surface area contributed by atoms with E-state index in [4.69, 9.17) is 5.73 Å². The molecule has 1 heterocycles. The molecule has 0 saturated carbocycles. The molecular formula is C12H12N2O. The minimum atomic E-state index is 0.164. The van der Waals surface area contributed by atoms with Gasteiger partial charge in [-0.2, -0.15) is 0 Å². The van der Waals surface area contributed by atoms with Crippen LogP contribution in [0.4, 0.5) is 5.69 Å². The normalized spacial score (nSPS) is 10.2. The highest BCUT2D eigenvalue weighted by molar-refractivity contribution is 5.80. The molecule has 0 bridgehead atoms. The van der Waals surface area contributed by atoms with E-state index in [1.54, 1.807) is 24.4 Å². The van der Waals surface area contributed by atoms with E-state index in [1.165, 1.54) is 0 Å². The Hall–Kier alpha value is -2.03. The number of hydrogen-bond acceptors (Lipinski definition) is 3. The van der Waals surface area contributed by atoms with Gasteiger partial charge in [-0.15, -0.1) is 0 Å². The molecule has 2 aromatic rings. The molecule has 76 valence electrons. The van der Waals surface area contributed by atoms with E-state index in [-0.39, 0.29) is 5.75 Å².